The first-order valence-corrected chi connectivity index (χ1v) is 16.1. The smallest absolute Gasteiger partial charge is 0.427 e. The number of esters is 1. The lowest BCUT2D eigenvalue weighted by molar-refractivity contribution is -0.191. The van der Waals surface area contributed by atoms with Gasteiger partial charge in [-0.05, 0) is 101 Å². The van der Waals surface area contributed by atoms with Crippen molar-refractivity contribution in [1.82, 2.24) is 15.0 Å². The van der Waals surface area contributed by atoms with E-state index in [0.717, 1.165) is 45.2 Å². The van der Waals surface area contributed by atoms with Crippen LogP contribution in [0.25, 0.3) is 0 Å². The summed E-state index contributed by atoms with van der Waals surface area (Å²) in [5.41, 5.74) is 4.37. The number of halogens is 1. The molecule has 49 heavy (non-hydrogen) atoms. The Morgan fingerprint density at radius 2 is 1.78 bits per heavy atom. The minimum Gasteiger partial charge on any atom is -0.427 e. The Labute approximate surface area is 285 Å². The van der Waals surface area contributed by atoms with E-state index in [2.05, 4.69) is 22.1 Å². The summed E-state index contributed by atoms with van der Waals surface area (Å²) >= 11 is 0. The number of hydrogen-bond acceptors (Lipinski definition) is 11. The number of nitrogens with one attached hydrogen (secondary N) is 1. The van der Waals surface area contributed by atoms with Gasteiger partial charge in [-0.3, -0.25) is 0 Å². The number of carbonyl (C=O) groups is 2. The molecule has 0 radical (unpaired) electrons. The maximum atomic E-state index is 13.6. The van der Waals surface area contributed by atoms with Crippen LogP contribution in [0.15, 0.2) is 72.8 Å². The molecule has 0 spiro atoms. The molecule has 5 rings (SSSR count). The van der Waals surface area contributed by atoms with E-state index in [0.29, 0.717) is 18.2 Å². The van der Waals surface area contributed by atoms with Crippen molar-refractivity contribution in [2.75, 3.05) is 23.4 Å². The van der Waals surface area contributed by atoms with E-state index >= 15 is 0 Å². The normalized spacial score (nSPS) is 15.0. The summed E-state index contributed by atoms with van der Waals surface area (Å²) in [5.74, 6) is 0.301. The van der Waals surface area contributed by atoms with Crippen LogP contribution in [0.5, 0.6) is 5.75 Å². The molecule has 0 saturated heterocycles. The Balaban J connectivity index is 1.36. The monoisotopic (exact) mass is 671 g/mol. The summed E-state index contributed by atoms with van der Waals surface area (Å²) in [7, 11) is 0. The van der Waals surface area contributed by atoms with Gasteiger partial charge >= 0.3 is 12.1 Å². The van der Waals surface area contributed by atoms with Crippen LogP contribution in [0.2, 0.25) is 0 Å². The lowest BCUT2D eigenvalue weighted by Gasteiger charge is -2.37. The molecule has 1 aliphatic heterocycles. The van der Waals surface area contributed by atoms with Crippen molar-refractivity contribution in [1.29, 1.82) is 0 Å². The molecule has 1 unspecified atom stereocenters. The first kappa shape index (κ1) is 35.2. The van der Waals surface area contributed by atoms with Crippen LogP contribution in [0, 0.1) is 19.7 Å². The third-order valence-electron chi connectivity index (χ3n) is 8.17. The molecular formula is C37H42FN5O6. The summed E-state index contributed by atoms with van der Waals surface area (Å²) in [6, 6.07) is 19.1. The number of aliphatic hydroxyl groups is 1. The number of rotatable bonds is 10. The number of aryl methyl sites for hydroxylation is 1. The second-order valence-electron chi connectivity index (χ2n) is 12.9. The number of hydroxylamine groups is 2. The number of benzene rings is 3. The van der Waals surface area contributed by atoms with Gasteiger partial charge in [-0.1, -0.05) is 36.4 Å². The maximum Gasteiger partial charge on any atom is 0.528 e. The van der Waals surface area contributed by atoms with Crippen molar-refractivity contribution in [3.63, 3.8) is 0 Å². The molecule has 1 aliphatic rings. The predicted molar refractivity (Wildman–Crippen MR) is 183 cm³/mol. The molecule has 0 bridgehead atoms. The highest BCUT2D eigenvalue weighted by Gasteiger charge is 2.33. The van der Waals surface area contributed by atoms with E-state index in [4.69, 9.17) is 19.3 Å². The summed E-state index contributed by atoms with van der Waals surface area (Å²) in [4.78, 5) is 43.3. The van der Waals surface area contributed by atoms with Crippen molar-refractivity contribution in [2.45, 2.75) is 72.2 Å². The first-order valence-electron chi connectivity index (χ1n) is 16.1. The zero-order chi connectivity index (χ0) is 35.3. The quantitative estimate of drug-likeness (QED) is 0.106. The number of nitrogens with zero attached hydrogens (tertiary/aromatic N) is 4. The van der Waals surface area contributed by atoms with Crippen molar-refractivity contribution < 1.29 is 33.4 Å². The number of aromatic nitrogens is 2. The van der Waals surface area contributed by atoms with Crippen molar-refractivity contribution in [3.8, 4) is 5.75 Å². The number of aliphatic hydroxyl groups excluding tert-OH is 1. The lowest BCUT2D eigenvalue weighted by atomic mass is 9.93. The number of ether oxygens (including phenoxy) is 2. The van der Waals surface area contributed by atoms with Gasteiger partial charge in [-0.15, -0.1) is 5.06 Å². The van der Waals surface area contributed by atoms with Gasteiger partial charge in [-0.25, -0.2) is 19.0 Å². The van der Waals surface area contributed by atoms with Crippen LogP contribution in [0.1, 0.15) is 61.7 Å². The van der Waals surface area contributed by atoms with Gasteiger partial charge in [0.15, 0.2) is 6.04 Å². The summed E-state index contributed by atoms with van der Waals surface area (Å²) in [6.07, 6.45) is -0.283. The topological polar surface area (TPSA) is 126 Å². The van der Waals surface area contributed by atoms with Gasteiger partial charge in [0.25, 0.3) is 0 Å². The standard InChI is InChI=1S/C37H42FN5O6/c1-23-24(2)39-35(40-29-15-13-28(38)14-16-29)41-33(23)42-19-18-27-12-17-30(20-31(27)25(42)3)47-34(45)32(22-44)43(21-26-10-8-7-9-11-26)49-36(46)48-37(4,5)6/h7-17,20,25,32,44H,18-19,21-22H2,1-6H3,(H,39,40,41)/t25?,32-/m0/s1. The van der Waals surface area contributed by atoms with Crippen LogP contribution in [0.3, 0.4) is 0 Å². The molecule has 2 heterocycles. The van der Waals surface area contributed by atoms with E-state index < -0.39 is 30.4 Å². The molecule has 4 aromatic rings. The Morgan fingerprint density at radius 3 is 2.45 bits per heavy atom. The third-order valence-corrected chi connectivity index (χ3v) is 8.17. The van der Waals surface area contributed by atoms with Gasteiger partial charge in [0, 0.05) is 23.5 Å². The summed E-state index contributed by atoms with van der Waals surface area (Å²) < 4.78 is 24.6. The fourth-order valence-corrected chi connectivity index (χ4v) is 5.56. The molecule has 2 atom stereocenters. The van der Waals surface area contributed by atoms with Crippen molar-refractivity contribution in [2.24, 2.45) is 0 Å². The van der Waals surface area contributed by atoms with Gasteiger partial charge < -0.3 is 29.6 Å². The highest BCUT2D eigenvalue weighted by Crippen LogP contribution is 2.37. The molecule has 12 heteroatoms. The molecule has 0 aliphatic carbocycles. The maximum absolute atomic E-state index is 13.6. The second kappa shape index (κ2) is 15.0. The summed E-state index contributed by atoms with van der Waals surface area (Å²) in [6.45, 7) is 11.1. The van der Waals surface area contributed by atoms with Crippen molar-refractivity contribution in [3.05, 3.63) is 107 Å². The second-order valence-corrected chi connectivity index (χ2v) is 12.9. The van der Waals surface area contributed by atoms with E-state index in [1.165, 1.54) is 12.1 Å². The average molecular weight is 672 g/mol. The van der Waals surface area contributed by atoms with Gasteiger partial charge in [-0.2, -0.15) is 4.98 Å². The first-order chi connectivity index (χ1) is 23.3. The molecular weight excluding hydrogens is 629 g/mol. The molecule has 1 aromatic heterocycles. The van der Waals surface area contributed by atoms with Crippen LogP contribution in [0.4, 0.5) is 26.6 Å². The number of carbonyl (C=O) groups excluding carboxylic acids is 2. The highest BCUT2D eigenvalue weighted by atomic mass is 19.1. The predicted octanol–water partition coefficient (Wildman–Crippen LogP) is 6.74. The van der Waals surface area contributed by atoms with E-state index in [1.54, 1.807) is 39.0 Å². The van der Waals surface area contributed by atoms with Crippen LogP contribution in [-0.2, 0) is 27.3 Å². The minimum atomic E-state index is -1.34. The number of fused-ring (bicyclic) bond motifs is 1. The van der Waals surface area contributed by atoms with E-state index in [1.807, 2.05) is 56.3 Å². The van der Waals surface area contributed by atoms with E-state index in [-0.39, 0.29) is 24.2 Å². The number of anilines is 3. The molecule has 11 nitrogen and oxygen atoms in total. The molecule has 258 valence electrons. The Bertz CT molecular complexity index is 1780. The average Bonchev–Trinajstić information content (AvgIpc) is 3.04. The Kier molecular flexibility index (Phi) is 10.8. The Hall–Kier alpha value is -5.07. The molecule has 2 N–H and O–H groups in total. The van der Waals surface area contributed by atoms with Crippen molar-refractivity contribution >= 4 is 29.6 Å². The van der Waals surface area contributed by atoms with E-state index in [9.17, 15) is 19.1 Å². The number of hydrogen-bond donors (Lipinski definition) is 2. The molecule has 0 amide bonds. The van der Waals surface area contributed by atoms with Crippen LogP contribution >= 0.6 is 0 Å². The van der Waals surface area contributed by atoms with Gasteiger partial charge in [0.1, 0.15) is 23.0 Å². The SMILES string of the molecule is Cc1nc(Nc2ccc(F)cc2)nc(N2CCc3ccc(OC(=O)[C@H](CO)N(Cc4ccccc4)OC(=O)OC(C)(C)C)cc3C2C)c1C. The third kappa shape index (κ3) is 8.89. The molecule has 0 fully saturated rings. The minimum absolute atomic E-state index is 0.00625. The Morgan fingerprint density at radius 1 is 1.06 bits per heavy atom. The van der Waals surface area contributed by atoms with Crippen LogP contribution < -0.4 is 15.0 Å². The largest absolute Gasteiger partial charge is 0.528 e. The van der Waals surface area contributed by atoms with Crippen LogP contribution in [-0.4, -0.2) is 57.1 Å². The molecule has 0 saturated carbocycles. The fraction of sp³-hybridized carbons (Fsp3) is 0.351. The van der Waals surface area contributed by atoms with Gasteiger partial charge in [0.05, 0.1) is 19.2 Å². The summed E-state index contributed by atoms with van der Waals surface area (Å²) in [5, 5.41) is 14.6. The highest BCUT2D eigenvalue weighted by molar-refractivity contribution is 5.78. The molecule has 3 aromatic carbocycles. The fourth-order valence-electron chi connectivity index (χ4n) is 5.56. The lowest BCUT2D eigenvalue weighted by Crippen LogP contribution is -2.47. The zero-order valence-corrected chi connectivity index (χ0v) is 28.6. The van der Waals surface area contributed by atoms with Gasteiger partial charge in [0.2, 0.25) is 5.95 Å². The zero-order valence-electron chi connectivity index (χ0n) is 28.6.